The SMILES string of the molecule is COC(=O)c1cn(C/C=C/[C@H]2NCCC[C@@H]2O)c2ccc(Br)cc12.Cl.Cl. The number of rotatable bonds is 4. The predicted octanol–water partition coefficient (Wildman–Crippen LogP) is 3.70. The Morgan fingerprint density at radius 3 is 2.92 bits per heavy atom. The van der Waals surface area contributed by atoms with Crippen molar-refractivity contribution in [3.8, 4) is 0 Å². The lowest BCUT2D eigenvalue weighted by atomic mass is 10.0. The van der Waals surface area contributed by atoms with Crippen LogP contribution in [0.4, 0.5) is 0 Å². The predicted molar refractivity (Wildman–Crippen MR) is 112 cm³/mol. The van der Waals surface area contributed by atoms with E-state index in [-0.39, 0.29) is 42.9 Å². The fourth-order valence-corrected chi connectivity index (χ4v) is 3.47. The molecule has 0 aliphatic carbocycles. The quantitative estimate of drug-likeness (QED) is 0.533. The summed E-state index contributed by atoms with van der Waals surface area (Å²) in [6, 6.07) is 5.85. The number of carbonyl (C=O) groups excluding carboxylic acids is 1. The lowest BCUT2D eigenvalue weighted by Gasteiger charge is -2.26. The molecule has 26 heavy (non-hydrogen) atoms. The highest BCUT2D eigenvalue weighted by atomic mass is 79.9. The van der Waals surface area contributed by atoms with Gasteiger partial charge in [0.1, 0.15) is 0 Å². The Labute approximate surface area is 173 Å². The van der Waals surface area contributed by atoms with Crippen molar-refractivity contribution in [2.24, 2.45) is 0 Å². The maximum atomic E-state index is 12.0. The van der Waals surface area contributed by atoms with Crippen molar-refractivity contribution < 1.29 is 14.6 Å². The third-order valence-corrected chi connectivity index (χ3v) is 4.86. The first-order valence-electron chi connectivity index (χ1n) is 8.05. The number of benzene rings is 1. The summed E-state index contributed by atoms with van der Waals surface area (Å²) in [7, 11) is 1.39. The van der Waals surface area contributed by atoms with Gasteiger partial charge >= 0.3 is 5.97 Å². The number of carbonyl (C=O) groups is 1. The Morgan fingerprint density at radius 2 is 2.23 bits per heavy atom. The van der Waals surface area contributed by atoms with E-state index < -0.39 is 0 Å². The number of methoxy groups -OCH3 is 1. The third-order valence-electron chi connectivity index (χ3n) is 4.37. The lowest BCUT2D eigenvalue weighted by molar-refractivity contribution is 0.0602. The molecule has 144 valence electrons. The van der Waals surface area contributed by atoms with Crippen LogP contribution in [0, 0.1) is 0 Å². The summed E-state index contributed by atoms with van der Waals surface area (Å²) in [6.07, 6.45) is 7.34. The smallest absolute Gasteiger partial charge is 0.340 e. The fourth-order valence-electron chi connectivity index (χ4n) is 3.11. The molecule has 1 aromatic carbocycles. The van der Waals surface area contributed by atoms with Gasteiger partial charge < -0.3 is 19.7 Å². The number of nitrogens with one attached hydrogen (secondary N) is 1. The third kappa shape index (κ3) is 5.02. The number of hydrogen-bond acceptors (Lipinski definition) is 4. The minimum Gasteiger partial charge on any atom is -0.465 e. The average Bonchev–Trinajstić information content (AvgIpc) is 2.94. The molecule has 2 atom stereocenters. The maximum Gasteiger partial charge on any atom is 0.340 e. The van der Waals surface area contributed by atoms with Crippen LogP contribution in [0.3, 0.4) is 0 Å². The molecule has 2 heterocycles. The highest BCUT2D eigenvalue weighted by Crippen LogP contribution is 2.26. The standard InChI is InChI=1S/C18H21BrN2O3.2ClH/c1-24-18(23)14-11-21(16-7-6-12(19)10-13(14)16)9-3-4-15-17(22)5-2-8-20-15;;/h3-4,6-7,10-11,15,17,20,22H,2,5,8-9H2,1H3;2*1H/b4-3+;;/t15-,17+;;/m1../s1. The topological polar surface area (TPSA) is 63.5 Å². The molecule has 5 nitrogen and oxygen atoms in total. The molecule has 0 spiro atoms. The number of esters is 1. The van der Waals surface area contributed by atoms with Crippen LogP contribution in [0.1, 0.15) is 23.2 Å². The molecule has 0 amide bonds. The highest BCUT2D eigenvalue weighted by Gasteiger charge is 2.19. The second-order valence-corrected chi connectivity index (χ2v) is 6.88. The number of hydrogen-bond donors (Lipinski definition) is 2. The normalized spacial score (nSPS) is 19.8. The van der Waals surface area contributed by atoms with Crippen LogP contribution < -0.4 is 5.32 Å². The molecule has 1 aliphatic rings. The van der Waals surface area contributed by atoms with Gasteiger partial charge in [-0.25, -0.2) is 4.79 Å². The Morgan fingerprint density at radius 1 is 1.46 bits per heavy atom. The van der Waals surface area contributed by atoms with Crippen LogP contribution >= 0.6 is 40.7 Å². The largest absolute Gasteiger partial charge is 0.465 e. The molecule has 1 fully saturated rings. The van der Waals surface area contributed by atoms with Gasteiger partial charge in [0.05, 0.1) is 24.8 Å². The summed E-state index contributed by atoms with van der Waals surface area (Å²) in [5.41, 5.74) is 1.53. The molecule has 1 aromatic heterocycles. The van der Waals surface area contributed by atoms with E-state index in [0.717, 1.165) is 34.8 Å². The molecular weight excluding hydrogens is 443 g/mol. The Bertz CT molecular complexity index is 779. The van der Waals surface area contributed by atoms with Crippen LogP contribution in [0.15, 0.2) is 41.0 Å². The summed E-state index contributed by atoms with van der Waals surface area (Å²) in [4.78, 5) is 12.0. The molecule has 0 radical (unpaired) electrons. The molecular formula is C18H23BrCl2N2O3. The summed E-state index contributed by atoms with van der Waals surface area (Å²) >= 11 is 3.45. The van der Waals surface area contributed by atoms with Gasteiger partial charge in [0.2, 0.25) is 0 Å². The van der Waals surface area contributed by atoms with Crippen molar-refractivity contribution in [1.82, 2.24) is 9.88 Å². The first kappa shape index (κ1) is 23.0. The highest BCUT2D eigenvalue weighted by molar-refractivity contribution is 9.10. The van der Waals surface area contributed by atoms with Crippen molar-refractivity contribution in [2.45, 2.75) is 31.5 Å². The van der Waals surface area contributed by atoms with Gasteiger partial charge in [0, 0.05) is 28.1 Å². The minimum atomic E-state index is -0.342. The number of aliphatic hydroxyl groups is 1. The van der Waals surface area contributed by atoms with E-state index in [0.29, 0.717) is 12.1 Å². The summed E-state index contributed by atoms with van der Waals surface area (Å²) < 4.78 is 7.82. The van der Waals surface area contributed by atoms with Gasteiger partial charge in [0.25, 0.3) is 0 Å². The number of allylic oxidation sites excluding steroid dienone is 1. The summed E-state index contributed by atoms with van der Waals surface area (Å²) in [5, 5.41) is 14.2. The summed E-state index contributed by atoms with van der Waals surface area (Å²) in [5.74, 6) is -0.342. The van der Waals surface area contributed by atoms with Crippen molar-refractivity contribution >= 4 is 57.6 Å². The molecule has 0 saturated carbocycles. The molecule has 2 aromatic rings. The Balaban J connectivity index is 0.00000169. The van der Waals surface area contributed by atoms with Crippen LogP contribution in [-0.2, 0) is 11.3 Å². The number of aliphatic hydroxyl groups excluding tert-OH is 1. The molecule has 2 N–H and O–H groups in total. The van der Waals surface area contributed by atoms with E-state index in [4.69, 9.17) is 4.74 Å². The Hall–Kier alpha value is -1.05. The second-order valence-electron chi connectivity index (χ2n) is 5.97. The monoisotopic (exact) mass is 464 g/mol. The zero-order valence-corrected chi connectivity index (χ0v) is 17.6. The first-order chi connectivity index (χ1) is 11.6. The number of aromatic nitrogens is 1. The van der Waals surface area contributed by atoms with Gasteiger partial charge in [-0.1, -0.05) is 28.1 Å². The fraction of sp³-hybridized carbons (Fsp3) is 0.389. The number of ether oxygens (including phenoxy) is 1. The van der Waals surface area contributed by atoms with Gasteiger partial charge in [-0.05, 0) is 37.6 Å². The number of nitrogens with zero attached hydrogens (tertiary/aromatic N) is 1. The van der Waals surface area contributed by atoms with Crippen LogP contribution in [0.5, 0.6) is 0 Å². The van der Waals surface area contributed by atoms with Crippen LogP contribution in [0.25, 0.3) is 10.9 Å². The van der Waals surface area contributed by atoms with Crippen molar-refractivity contribution in [1.29, 1.82) is 0 Å². The van der Waals surface area contributed by atoms with Gasteiger partial charge in [-0.2, -0.15) is 0 Å². The molecule has 0 bridgehead atoms. The second kappa shape index (κ2) is 10.3. The zero-order chi connectivity index (χ0) is 17.1. The van der Waals surface area contributed by atoms with E-state index in [1.807, 2.05) is 41.1 Å². The van der Waals surface area contributed by atoms with E-state index >= 15 is 0 Å². The molecule has 0 unspecified atom stereocenters. The molecule has 3 rings (SSSR count). The molecule has 1 saturated heterocycles. The average molecular weight is 466 g/mol. The van der Waals surface area contributed by atoms with E-state index in [2.05, 4.69) is 21.2 Å². The Kier molecular flexibility index (Phi) is 9.13. The van der Waals surface area contributed by atoms with Gasteiger partial charge in [0.15, 0.2) is 0 Å². The number of piperidine rings is 1. The minimum absolute atomic E-state index is 0. The van der Waals surface area contributed by atoms with E-state index in [9.17, 15) is 9.90 Å². The molecule has 8 heteroatoms. The van der Waals surface area contributed by atoms with Crippen LogP contribution in [-0.4, -0.2) is 41.4 Å². The molecule has 1 aliphatic heterocycles. The van der Waals surface area contributed by atoms with Crippen LogP contribution in [0.2, 0.25) is 0 Å². The van der Waals surface area contributed by atoms with Crippen molar-refractivity contribution in [3.63, 3.8) is 0 Å². The van der Waals surface area contributed by atoms with Crippen molar-refractivity contribution in [3.05, 3.63) is 46.6 Å². The summed E-state index contributed by atoms with van der Waals surface area (Å²) in [6.45, 7) is 1.55. The first-order valence-corrected chi connectivity index (χ1v) is 8.84. The number of halogens is 3. The number of fused-ring (bicyclic) bond motifs is 1. The van der Waals surface area contributed by atoms with Crippen molar-refractivity contribution in [2.75, 3.05) is 13.7 Å². The van der Waals surface area contributed by atoms with Gasteiger partial charge in [-0.3, -0.25) is 0 Å². The maximum absolute atomic E-state index is 12.0. The zero-order valence-electron chi connectivity index (χ0n) is 14.4. The van der Waals surface area contributed by atoms with Gasteiger partial charge in [-0.15, -0.1) is 24.8 Å². The lowest BCUT2D eigenvalue weighted by Crippen LogP contribution is -2.43. The van der Waals surface area contributed by atoms with E-state index in [1.165, 1.54) is 7.11 Å². The van der Waals surface area contributed by atoms with E-state index in [1.54, 1.807) is 0 Å².